The van der Waals surface area contributed by atoms with Gasteiger partial charge in [-0.05, 0) is 12.1 Å². The number of nitrogens with one attached hydrogen (secondary N) is 1. The minimum atomic E-state index is -3.73. The van der Waals surface area contributed by atoms with Gasteiger partial charge in [-0.1, -0.05) is 13.0 Å². The van der Waals surface area contributed by atoms with Crippen molar-refractivity contribution in [2.75, 3.05) is 32.1 Å². The Hall–Kier alpha value is -1.64. The zero-order valence-electron chi connectivity index (χ0n) is 11.4. The Labute approximate surface area is 117 Å². The number of nitrogens with zero attached hydrogens (tertiary/aromatic N) is 3. The molecule has 0 atom stereocenters. The van der Waals surface area contributed by atoms with Gasteiger partial charge in [0.1, 0.15) is 5.65 Å². The van der Waals surface area contributed by atoms with Crippen LogP contribution in [0, 0.1) is 0 Å². The molecule has 0 saturated carbocycles. The Balaban J connectivity index is 2.66. The van der Waals surface area contributed by atoms with Crippen molar-refractivity contribution in [2.45, 2.75) is 11.9 Å². The predicted molar refractivity (Wildman–Crippen MR) is 76.3 cm³/mol. The number of likely N-dealkylation sites (N-methyl/N-ethyl adjacent to an activating group) is 1. The molecule has 0 aromatic carbocycles. The first-order valence-corrected chi connectivity index (χ1v) is 7.76. The normalized spacial score (nSPS) is 12.2. The third-order valence-corrected chi connectivity index (χ3v) is 5.01. The van der Waals surface area contributed by atoms with E-state index in [9.17, 15) is 8.42 Å². The van der Waals surface area contributed by atoms with Crippen molar-refractivity contribution in [3.05, 3.63) is 24.4 Å². The summed E-state index contributed by atoms with van der Waals surface area (Å²) in [4.78, 5) is 4.26. The zero-order valence-corrected chi connectivity index (χ0v) is 12.3. The van der Waals surface area contributed by atoms with E-state index >= 15 is 0 Å². The van der Waals surface area contributed by atoms with Crippen LogP contribution in [0.25, 0.3) is 5.65 Å². The summed E-state index contributed by atoms with van der Waals surface area (Å²) in [6.45, 7) is 1.85. The number of hydrogen-bond acceptors (Lipinski definition) is 5. The van der Waals surface area contributed by atoms with Crippen LogP contribution in [0.3, 0.4) is 0 Å². The smallest absolute Gasteiger partial charge is 0.262 e. The summed E-state index contributed by atoms with van der Waals surface area (Å²) in [5, 5.41) is 11.9. The largest absolute Gasteiger partial charge is 0.395 e. The number of aromatic nitrogens is 2. The Kier molecular flexibility index (Phi) is 4.26. The minimum absolute atomic E-state index is 0.0576. The van der Waals surface area contributed by atoms with Crippen molar-refractivity contribution >= 4 is 21.5 Å². The van der Waals surface area contributed by atoms with Gasteiger partial charge in [-0.2, -0.15) is 4.31 Å². The number of sulfonamides is 1. The van der Waals surface area contributed by atoms with Crippen LogP contribution in [-0.4, -0.2) is 54.0 Å². The lowest BCUT2D eigenvalue weighted by Crippen LogP contribution is -2.34. The standard InChI is InChI=1S/C12H18N4O3S/c1-3-15(8-9-17)20(18,19)12-11(13-2)14-10-6-4-5-7-16(10)12/h4-7,13,17H,3,8-9H2,1-2H3. The summed E-state index contributed by atoms with van der Waals surface area (Å²) in [7, 11) is -2.10. The number of hydrogen-bond donors (Lipinski definition) is 2. The summed E-state index contributed by atoms with van der Waals surface area (Å²) in [5.74, 6) is 0.299. The van der Waals surface area contributed by atoms with Crippen LogP contribution in [0.2, 0.25) is 0 Å². The topological polar surface area (TPSA) is 86.9 Å². The molecule has 0 aliphatic heterocycles. The molecule has 2 N–H and O–H groups in total. The van der Waals surface area contributed by atoms with E-state index in [0.29, 0.717) is 11.5 Å². The van der Waals surface area contributed by atoms with E-state index in [-0.39, 0.29) is 24.7 Å². The number of rotatable bonds is 6. The highest BCUT2D eigenvalue weighted by molar-refractivity contribution is 7.89. The maximum atomic E-state index is 12.7. The molecule has 2 heterocycles. The number of pyridine rings is 1. The van der Waals surface area contributed by atoms with Gasteiger partial charge >= 0.3 is 0 Å². The summed E-state index contributed by atoms with van der Waals surface area (Å²) in [5.41, 5.74) is 0.551. The second-order valence-electron chi connectivity index (χ2n) is 4.16. The highest BCUT2D eigenvalue weighted by Crippen LogP contribution is 2.25. The van der Waals surface area contributed by atoms with Crippen LogP contribution < -0.4 is 5.32 Å². The van der Waals surface area contributed by atoms with E-state index < -0.39 is 10.0 Å². The van der Waals surface area contributed by atoms with Gasteiger partial charge in [0.25, 0.3) is 10.0 Å². The van der Waals surface area contributed by atoms with Gasteiger partial charge in [-0.3, -0.25) is 4.40 Å². The molecule has 0 bridgehead atoms. The van der Waals surface area contributed by atoms with Crippen molar-refractivity contribution in [2.24, 2.45) is 0 Å². The van der Waals surface area contributed by atoms with Crippen molar-refractivity contribution in [1.29, 1.82) is 0 Å². The summed E-state index contributed by atoms with van der Waals surface area (Å²) >= 11 is 0. The van der Waals surface area contributed by atoms with E-state index in [1.807, 2.05) is 0 Å². The molecular weight excluding hydrogens is 280 g/mol. The monoisotopic (exact) mass is 298 g/mol. The van der Waals surface area contributed by atoms with Gasteiger partial charge in [0.15, 0.2) is 10.8 Å². The number of fused-ring (bicyclic) bond motifs is 1. The number of anilines is 1. The van der Waals surface area contributed by atoms with E-state index in [1.165, 1.54) is 8.71 Å². The van der Waals surface area contributed by atoms with Gasteiger partial charge in [0.05, 0.1) is 6.61 Å². The SMILES string of the molecule is CCN(CCO)S(=O)(=O)c1c(NC)nc2ccccn12. The van der Waals surface area contributed by atoms with Crippen molar-refractivity contribution < 1.29 is 13.5 Å². The fraction of sp³-hybridized carbons (Fsp3) is 0.417. The van der Waals surface area contributed by atoms with Crippen molar-refractivity contribution in [3.63, 3.8) is 0 Å². The Bertz CT molecular complexity index is 696. The second kappa shape index (κ2) is 5.78. The maximum Gasteiger partial charge on any atom is 0.262 e. The number of imidazole rings is 1. The van der Waals surface area contributed by atoms with Crippen LogP contribution in [0.1, 0.15) is 6.92 Å². The average Bonchev–Trinajstić information content (AvgIpc) is 2.83. The molecule has 7 nitrogen and oxygen atoms in total. The molecule has 0 spiro atoms. The molecule has 0 aliphatic rings. The molecule has 2 aromatic heterocycles. The van der Waals surface area contributed by atoms with E-state index in [0.717, 1.165) is 0 Å². The summed E-state index contributed by atoms with van der Waals surface area (Å²) in [6, 6.07) is 5.28. The molecule has 0 amide bonds. The van der Waals surface area contributed by atoms with Crippen LogP contribution in [0.4, 0.5) is 5.82 Å². The van der Waals surface area contributed by atoms with Gasteiger partial charge in [0, 0.05) is 26.3 Å². The van der Waals surface area contributed by atoms with Gasteiger partial charge in [-0.25, -0.2) is 13.4 Å². The molecule has 0 unspecified atom stereocenters. The summed E-state index contributed by atoms with van der Waals surface area (Å²) in [6.07, 6.45) is 1.66. The Morgan fingerprint density at radius 1 is 1.45 bits per heavy atom. The fourth-order valence-corrected chi connectivity index (χ4v) is 3.77. The molecule has 2 aromatic rings. The molecule has 110 valence electrons. The maximum absolute atomic E-state index is 12.7. The highest BCUT2D eigenvalue weighted by atomic mass is 32.2. The minimum Gasteiger partial charge on any atom is -0.395 e. The van der Waals surface area contributed by atoms with E-state index in [4.69, 9.17) is 5.11 Å². The highest BCUT2D eigenvalue weighted by Gasteiger charge is 2.30. The summed E-state index contributed by atoms with van der Waals surface area (Å²) < 4.78 is 28.2. The lowest BCUT2D eigenvalue weighted by atomic mass is 10.5. The number of aliphatic hydroxyl groups is 1. The lowest BCUT2D eigenvalue weighted by Gasteiger charge is -2.19. The molecule has 0 radical (unpaired) electrons. The van der Waals surface area contributed by atoms with E-state index in [2.05, 4.69) is 10.3 Å². The molecule has 0 fully saturated rings. The van der Waals surface area contributed by atoms with Gasteiger partial charge < -0.3 is 10.4 Å². The van der Waals surface area contributed by atoms with Crippen molar-refractivity contribution in [1.82, 2.24) is 13.7 Å². The van der Waals surface area contributed by atoms with Crippen LogP contribution in [0.15, 0.2) is 29.4 Å². The van der Waals surface area contributed by atoms with Gasteiger partial charge in [-0.15, -0.1) is 0 Å². The molecule has 2 rings (SSSR count). The lowest BCUT2D eigenvalue weighted by molar-refractivity contribution is 0.256. The molecular formula is C12H18N4O3S. The first kappa shape index (κ1) is 14.8. The predicted octanol–water partition coefficient (Wildman–Crippen LogP) is 0.379. The number of aliphatic hydroxyl groups excluding tert-OH is 1. The molecule has 20 heavy (non-hydrogen) atoms. The quantitative estimate of drug-likeness (QED) is 0.805. The molecule has 0 saturated heterocycles. The Morgan fingerprint density at radius 2 is 2.20 bits per heavy atom. The van der Waals surface area contributed by atoms with Crippen LogP contribution in [0.5, 0.6) is 0 Å². The van der Waals surface area contributed by atoms with E-state index in [1.54, 1.807) is 38.4 Å². The van der Waals surface area contributed by atoms with Crippen molar-refractivity contribution in [3.8, 4) is 0 Å². The molecule has 0 aliphatic carbocycles. The first-order valence-electron chi connectivity index (χ1n) is 6.32. The van der Waals surface area contributed by atoms with Crippen LogP contribution >= 0.6 is 0 Å². The first-order chi connectivity index (χ1) is 9.56. The second-order valence-corrected chi connectivity index (χ2v) is 6.02. The third-order valence-electron chi connectivity index (χ3n) is 3.01. The average molecular weight is 298 g/mol. The Morgan fingerprint density at radius 3 is 2.80 bits per heavy atom. The zero-order chi connectivity index (χ0) is 14.8. The molecule has 8 heteroatoms. The third kappa shape index (κ3) is 2.37. The fourth-order valence-electron chi connectivity index (χ4n) is 2.06. The van der Waals surface area contributed by atoms with Gasteiger partial charge in [0.2, 0.25) is 0 Å². The van der Waals surface area contributed by atoms with Crippen LogP contribution in [-0.2, 0) is 10.0 Å².